The van der Waals surface area contributed by atoms with E-state index >= 15 is 0 Å². The number of fused-ring (bicyclic) bond motifs is 3. The van der Waals surface area contributed by atoms with E-state index in [1.165, 1.54) is 28.6 Å². The van der Waals surface area contributed by atoms with Crippen LogP contribution in [0.4, 0.5) is 0 Å². The van der Waals surface area contributed by atoms with Gasteiger partial charge in [-0.25, -0.2) is 4.98 Å². The van der Waals surface area contributed by atoms with Crippen molar-refractivity contribution in [3.8, 4) is 6.07 Å². The topological polar surface area (TPSA) is 58.7 Å². The van der Waals surface area contributed by atoms with Crippen LogP contribution in [-0.4, -0.2) is 14.8 Å². The summed E-state index contributed by atoms with van der Waals surface area (Å²) in [5.41, 5.74) is 1.34. The lowest BCUT2D eigenvalue weighted by atomic mass is 9.97. The van der Waals surface area contributed by atoms with Gasteiger partial charge in [-0.15, -0.1) is 11.3 Å². The highest BCUT2D eigenvalue weighted by Crippen LogP contribution is 2.35. The molecule has 2 aromatic heterocycles. The van der Waals surface area contributed by atoms with Gasteiger partial charge in [0.25, 0.3) is 5.56 Å². The van der Waals surface area contributed by atoms with Gasteiger partial charge in [-0.05, 0) is 44.6 Å². The Morgan fingerprint density at radius 2 is 2.17 bits per heavy atom. The van der Waals surface area contributed by atoms with Gasteiger partial charge in [0.15, 0.2) is 5.16 Å². The minimum Gasteiger partial charge on any atom is -0.287 e. The van der Waals surface area contributed by atoms with Crippen molar-refractivity contribution in [3.05, 3.63) is 20.8 Å². The Morgan fingerprint density at radius 3 is 2.92 bits per heavy atom. The number of hydrogen-bond acceptors (Lipinski definition) is 5. The average Bonchev–Trinajstić information content (AvgIpc) is 2.95. The molecule has 0 spiro atoms. The molecule has 128 valence electrons. The normalized spacial score (nSPS) is 15.2. The first-order valence-electron chi connectivity index (χ1n) is 8.77. The Kier molecular flexibility index (Phi) is 5.62. The Morgan fingerprint density at radius 1 is 1.38 bits per heavy atom. The zero-order valence-electron chi connectivity index (χ0n) is 14.3. The van der Waals surface area contributed by atoms with Crippen molar-refractivity contribution in [1.82, 2.24) is 9.55 Å². The molecular weight excluding hydrogens is 338 g/mol. The molecule has 0 N–H and O–H groups in total. The smallest absolute Gasteiger partial charge is 0.263 e. The van der Waals surface area contributed by atoms with Crippen molar-refractivity contribution in [2.75, 3.05) is 0 Å². The number of thiophene rings is 1. The predicted molar refractivity (Wildman–Crippen MR) is 101 cm³/mol. The van der Waals surface area contributed by atoms with Crippen LogP contribution in [0.5, 0.6) is 0 Å². The molecule has 1 atom stereocenters. The zero-order chi connectivity index (χ0) is 17.1. The van der Waals surface area contributed by atoms with Crippen molar-refractivity contribution in [1.29, 1.82) is 5.26 Å². The summed E-state index contributed by atoms with van der Waals surface area (Å²) in [5.74, 6) is 0. The maximum absolute atomic E-state index is 13.2. The molecule has 3 rings (SSSR count). The third-order valence-corrected chi connectivity index (χ3v) is 6.66. The van der Waals surface area contributed by atoms with Gasteiger partial charge in [-0.1, -0.05) is 31.5 Å². The molecule has 0 radical (unpaired) electrons. The lowest BCUT2D eigenvalue weighted by Gasteiger charge is -2.14. The van der Waals surface area contributed by atoms with Crippen molar-refractivity contribution < 1.29 is 0 Å². The van der Waals surface area contributed by atoms with E-state index in [0.717, 1.165) is 48.7 Å². The number of unbranched alkanes of at least 4 members (excludes halogenated alkanes) is 2. The van der Waals surface area contributed by atoms with Crippen molar-refractivity contribution >= 4 is 33.3 Å². The standard InChI is InChI=1S/C18H23N3OS2/c1-3-4-7-10-21-17(22)15-13-8-5-6-9-14(13)24-16(15)20-18(21)23-12(2)11-19/h12H,3-10H2,1-2H3. The van der Waals surface area contributed by atoms with Gasteiger partial charge in [0.1, 0.15) is 4.83 Å². The molecule has 1 aliphatic carbocycles. The molecule has 2 aromatic rings. The minimum absolute atomic E-state index is 0.100. The Balaban J connectivity index is 2.11. The van der Waals surface area contributed by atoms with Crippen LogP contribution in [0.1, 0.15) is 56.4 Å². The van der Waals surface area contributed by atoms with E-state index < -0.39 is 0 Å². The van der Waals surface area contributed by atoms with Gasteiger partial charge >= 0.3 is 0 Å². The summed E-state index contributed by atoms with van der Waals surface area (Å²) in [6, 6.07) is 2.24. The molecule has 0 aromatic carbocycles. The highest BCUT2D eigenvalue weighted by molar-refractivity contribution is 8.00. The van der Waals surface area contributed by atoms with Crippen LogP contribution in [0.2, 0.25) is 0 Å². The summed E-state index contributed by atoms with van der Waals surface area (Å²) in [7, 11) is 0. The highest BCUT2D eigenvalue weighted by atomic mass is 32.2. The quantitative estimate of drug-likeness (QED) is 0.431. The predicted octanol–water partition coefficient (Wildman–Crippen LogP) is 4.53. The van der Waals surface area contributed by atoms with E-state index in [0.29, 0.717) is 11.7 Å². The molecule has 4 nitrogen and oxygen atoms in total. The summed E-state index contributed by atoms with van der Waals surface area (Å²) in [4.78, 5) is 20.2. The lowest BCUT2D eigenvalue weighted by molar-refractivity contribution is 0.541. The SMILES string of the molecule is CCCCCn1c(SC(C)C#N)nc2sc3c(c2c1=O)CCCC3. The molecule has 0 saturated heterocycles. The van der Waals surface area contributed by atoms with Crippen LogP contribution < -0.4 is 5.56 Å². The molecule has 1 aliphatic rings. The van der Waals surface area contributed by atoms with Crippen LogP contribution in [0, 0.1) is 11.3 Å². The van der Waals surface area contributed by atoms with Gasteiger partial charge in [-0.3, -0.25) is 9.36 Å². The third-order valence-electron chi connectivity index (χ3n) is 4.49. The molecule has 24 heavy (non-hydrogen) atoms. The number of aryl methyl sites for hydroxylation is 2. The second-order valence-corrected chi connectivity index (χ2v) is 8.73. The second-order valence-electron chi connectivity index (χ2n) is 6.34. The van der Waals surface area contributed by atoms with E-state index in [1.54, 1.807) is 11.3 Å². The molecule has 1 unspecified atom stereocenters. The fraction of sp³-hybridized carbons (Fsp3) is 0.611. The third kappa shape index (κ3) is 3.38. The maximum Gasteiger partial charge on any atom is 0.263 e. The summed E-state index contributed by atoms with van der Waals surface area (Å²) in [6.07, 6.45) is 7.64. The number of nitriles is 1. The molecule has 0 bridgehead atoms. The molecule has 0 amide bonds. The Labute approximate surface area is 150 Å². The Hall–Kier alpha value is -1.32. The number of hydrogen-bond donors (Lipinski definition) is 0. The maximum atomic E-state index is 13.2. The first-order chi connectivity index (χ1) is 11.7. The molecular formula is C18H23N3OS2. The van der Waals surface area contributed by atoms with Crippen molar-refractivity contribution in [2.24, 2.45) is 0 Å². The number of aromatic nitrogens is 2. The molecule has 2 heterocycles. The average molecular weight is 362 g/mol. The summed E-state index contributed by atoms with van der Waals surface area (Å²) in [6.45, 7) is 4.71. The van der Waals surface area contributed by atoms with E-state index in [1.807, 2.05) is 11.5 Å². The van der Waals surface area contributed by atoms with Gasteiger partial charge in [0.05, 0.1) is 16.7 Å². The monoisotopic (exact) mass is 361 g/mol. The summed E-state index contributed by atoms with van der Waals surface area (Å²) >= 11 is 3.08. The number of nitrogens with zero attached hydrogens (tertiary/aromatic N) is 3. The molecule has 6 heteroatoms. The second kappa shape index (κ2) is 7.71. The number of rotatable bonds is 6. The molecule has 0 fully saturated rings. The van der Waals surface area contributed by atoms with E-state index in [-0.39, 0.29) is 10.8 Å². The van der Waals surface area contributed by atoms with Gasteiger partial charge in [0.2, 0.25) is 0 Å². The van der Waals surface area contributed by atoms with Crippen LogP contribution in [0.3, 0.4) is 0 Å². The van der Waals surface area contributed by atoms with Gasteiger partial charge < -0.3 is 0 Å². The first-order valence-corrected chi connectivity index (χ1v) is 10.5. The number of thioether (sulfide) groups is 1. The Bertz CT molecular complexity index is 831. The molecule has 0 saturated carbocycles. The van der Waals surface area contributed by atoms with Crippen molar-refractivity contribution in [3.63, 3.8) is 0 Å². The molecule has 0 aliphatic heterocycles. The van der Waals surface area contributed by atoms with Crippen LogP contribution in [-0.2, 0) is 19.4 Å². The van der Waals surface area contributed by atoms with Gasteiger partial charge in [-0.2, -0.15) is 5.26 Å². The van der Waals surface area contributed by atoms with Gasteiger partial charge in [0, 0.05) is 11.4 Å². The summed E-state index contributed by atoms with van der Waals surface area (Å²) in [5, 5.41) is 10.5. The van der Waals surface area contributed by atoms with Crippen LogP contribution in [0.15, 0.2) is 9.95 Å². The van der Waals surface area contributed by atoms with Crippen molar-refractivity contribution in [2.45, 2.75) is 75.7 Å². The minimum atomic E-state index is -0.207. The first kappa shape index (κ1) is 17.5. The van der Waals surface area contributed by atoms with E-state index in [2.05, 4.69) is 13.0 Å². The largest absolute Gasteiger partial charge is 0.287 e. The fourth-order valence-corrected chi connectivity index (χ4v) is 5.34. The van der Waals surface area contributed by atoms with Crippen LogP contribution >= 0.6 is 23.1 Å². The highest BCUT2D eigenvalue weighted by Gasteiger charge is 2.22. The lowest BCUT2D eigenvalue weighted by Crippen LogP contribution is -2.24. The zero-order valence-corrected chi connectivity index (χ0v) is 15.9. The van der Waals surface area contributed by atoms with E-state index in [9.17, 15) is 4.79 Å². The van der Waals surface area contributed by atoms with Crippen LogP contribution in [0.25, 0.3) is 10.2 Å². The van der Waals surface area contributed by atoms with E-state index in [4.69, 9.17) is 10.2 Å². The summed E-state index contributed by atoms with van der Waals surface area (Å²) < 4.78 is 1.82. The fourth-order valence-electron chi connectivity index (χ4n) is 3.21.